The molecular weight excluding hydrogens is 408 g/mol. The topological polar surface area (TPSA) is 77.4 Å². The van der Waals surface area contributed by atoms with Crippen LogP contribution in [0.2, 0.25) is 0 Å². The minimum absolute atomic E-state index is 0.250. The van der Waals surface area contributed by atoms with E-state index in [1.165, 1.54) is 0 Å². The zero-order chi connectivity index (χ0) is 25.1. The molecule has 0 spiro atoms. The summed E-state index contributed by atoms with van der Waals surface area (Å²) >= 11 is 0. The Balaban J connectivity index is 0. The van der Waals surface area contributed by atoms with Gasteiger partial charge in [-0.2, -0.15) is 0 Å². The molecule has 6 heteroatoms. The molecule has 0 aromatic carbocycles. The average Bonchev–Trinajstić information content (AvgIpc) is 2.85. The van der Waals surface area contributed by atoms with Gasteiger partial charge in [0.1, 0.15) is 24.4 Å². The largest absolute Gasteiger partial charge is 0.394 e. The smallest absolute Gasteiger partial charge is 0.184 e. The fourth-order valence-corrected chi connectivity index (χ4v) is 2.84. The zero-order valence-electron chi connectivity index (χ0n) is 20.7. The second-order valence-corrected chi connectivity index (χ2v) is 6.13. The molecule has 2 heterocycles. The summed E-state index contributed by atoms with van der Waals surface area (Å²) in [5.74, 6) is 0. The molecule has 2 aliphatic heterocycles. The fraction of sp³-hybridized carbons (Fsp3) is 0.538. The van der Waals surface area contributed by atoms with Gasteiger partial charge in [-0.1, -0.05) is 83.9 Å². The zero-order valence-corrected chi connectivity index (χ0v) is 20.7. The molecule has 184 valence electrons. The Labute approximate surface area is 195 Å². The van der Waals surface area contributed by atoms with Crippen LogP contribution in [0.25, 0.3) is 0 Å². The molecule has 0 saturated carbocycles. The average molecular weight is 453 g/mol. The van der Waals surface area contributed by atoms with E-state index in [4.69, 9.17) is 18.9 Å². The predicted octanol–water partition coefficient (Wildman–Crippen LogP) is 4.87. The van der Waals surface area contributed by atoms with Crippen molar-refractivity contribution in [3.63, 3.8) is 0 Å². The summed E-state index contributed by atoms with van der Waals surface area (Å²) in [5.41, 5.74) is 1.43. The van der Waals surface area contributed by atoms with Gasteiger partial charge < -0.3 is 29.2 Å². The molecule has 6 nitrogen and oxygen atoms in total. The molecule has 2 aliphatic rings. The normalized spacial score (nSPS) is 27.9. The van der Waals surface area contributed by atoms with Gasteiger partial charge in [-0.15, -0.1) is 6.58 Å². The Hall–Kier alpha value is -1.80. The van der Waals surface area contributed by atoms with Gasteiger partial charge in [0, 0.05) is 11.1 Å². The molecule has 0 amide bonds. The van der Waals surface area contributed by atoms with Crippen molar-refractivity contribution in [3.05, 3.63) is 73.9 Å². The van der Waals surface area contributed by atoms with Gasteiger partial charge in [-0.3, -0.25) is 0 Å². The van der Waals surface area contributed by atoms with E-state index in [0.717, 1.165) is 5.57 Å². The summed E-state index contributed by atoms with van der Waals surface area (Å²) in [6.07, 6.45) is 5.84. The SMILES string of the molecule is C=C/C=C(\C=C)C1OCC2OC(/C(C=C)=C/C)OC(C(O)CO)C2O1.C=CC.CC.CC. The lowest BCUT2D eigenvalue weighted by Crippen LogP contribution is -2.61. The van der Waals surface area contributed by atoms with Gasteiger partial charge in [0.15, 0.2) is 12.6 Å². The monoisotopic (exact) mass is 452 g/mol. The van der Waals surface area contributed by atoms with E-state index in [1.54, 1.807) is 30.4 Å². The van der Waals surface area contributed by atoms with Crippen LogP contribution in [0.5, 0.6) is 0 Å². The first-order valence-corrected chi connectivity index (χ1v) is 11.2. The van der Waals surface area contributed by atoms with Crippen LogP contribution in [-0.4, -0.2) is 60.4 Å². The van der Waals surface area contributed by atoms with Crippen LogP contribution in [0, 0.1) is 0 Å². The van der Waals surface area contributed by atoms with Gasteiger partial charge >= 0.3 is 0 Å². The van der Waals surface area contributed by atoms with Gasteiger partial charge in [-0.25, -0.2) is 0 Å². The molecule has 6 unspecified atom stereocenters. The summed E-state index contributed by atoms with van der Waals surface area (Å²) in [5, 5.41) is 19.6. The molecule has 0 aromatic rings. The van der Waals surface area contributed by atoms with Crippen molar-refractivity contribution in [1.82, 2.24) is 0 Å². The van der Waals surface area contributed by atoms with Crippen molar-refractivity contribution in [2.45, 2.75) is 78.5 Å². The van der Waals surface area contributed by atoms with Crippen LogP contribution >= 0.6 is 0 Å². The highest BCUT2D eigenvalue weighted by atomic mass is 16.8. The molecule has 0 bridgehead atoms. The fourth-order valence-electron chi connectivity index (χ4n) is 2.84. The number of aliphatic hydroxyl groups excluding tert-OH is 2. The Morgan fingerprint density at radius 3 is 1.94 bits per heavy atom. The standard InChI is InChI=1S/C19H26O6.C3H6.2C2H6/c1-5-9-13(8-4)18-22-11-15-17(25-18)16(14(21)10-20)24-19(23-15)12(6-2)7-3;1-3-2;2*1-2/h5-9,14-21H,1-2,4,10-11H2,3H3;3H,1H2,2H3;2*1-2H3/b12-7+,13-9+;;;. The van der Waals surface area contributed by atoms with Gasteiger partial charge in [0.05, 0.1) is 13.2 Å². The Morgan fingerprint density at radius 2 is 1.50 bits per heavy atom. The van der Waals surface area contributed by atoms with Crippen molar-refractivity contribution >= 4 is 0 Å². The van der Waals surface area contributed by atoms with Crippen LogP contribution in [0.15, 0.2) is 73.9 Å². The first-order valence-electron chi connectivity index (χ1n) is 11.2. The highest BCUT2D eigenvalue weighted by Gasteiger charge is 2.48. The van der Waals surface area contributed by atoms with E-state index in [2.05, 4.69) is 26.3 Å². The molecule has 0 aliphatic carbocycles. The third-order valence-corrected chi connectivity index (χ3v) is 4.19. The summed E-state index contributed by atoms with van der Waals surface area (Å²) in [6, 6.07) is 0. The van der Waals surface area contributed by atoms with Gasteiger partial charge in [0.25, 0.3) is 0 Å². The molecule has 2 rings (SSSR count). The van der Waals surface area contributed by atoms with Crippen molar-refractivity contribution in [2.75, 3.05) is 13.2 Å². The number of fused-ring (bicyclic) bond motifs is 1. The predicted molar refractivity (Wildman–Crippen MR) is 132 cm³/mol. The highest BCUT2D eigenvalue weighted by molar-refractivity contribution is 5.24. The van der Waals surface area contributed by atoms with E-state index >= 15 is 0 Å². The lowest BCUT2D eigenvalue weighted by molar-refractivity contribution is -0.353. The number of hydrogen-bond acceptors (Lipinski definition) is 6. The van der Waals surface area contributed by atoms with E-state index in [-0.39, 0.29) is 6.61 Å². The lowest BCUT2D eigenvalue weighted by Gasteiger charge is -2.47. The Bertz CT molecular complexity index is 595. The van der Waals surface area contributed by atoms with Crippen molar-refractivity contribution in [3.8, 4) is 0 Å². The third-order valence-electron chi connectivity index (χ3n) is 4.19. The minimum Gasteiger partial charge on any atom is -0.394 e. The summed E-state index contributed by atoms with van der Waals surface area (Å²) < 4.78 is 23.4. The van der Waals surface area contributed by atoms with Crippen LogP contribution in [-0.2, 0) is 18.9 Å². The molecule has 2 N–H and O–H groups in total. The molecule has 0 aromatic heterocycles. The first kappa shape index (κ1) is 32.4. The second-order valence-electron chi connectivity index (χ2n) is 6.13. The van der Waals surface area contributed by atoms with E-state index in [9.17, 15) is 10.2 Å². The number of allylic oxidation sites excluding steroid dienone is 4. The van der Waals surface area contributed by atoms with E-state index < -0.39 is 43.6 Å². The number of rotatable bonds is 7. The number of aliphatic hydroxyl groups is 2. The number of hydrogen-bond donors (Lipinski definition) is 2. The van der Waals surface area contributed by atoms with Crippen LogP contribution < -0.4 is 0 Å². The second kappa shape index (κ2) is 19.9. The quantitative estimate of drug-likeness (QED) is 0.424. The molecule has 0 radical (unpaired) electrons. The van der Waals surface area contributed by atoms with E-state index in [1.807, 2.05) is 47.6 Å². The molecule has 32 heavy (non-hydrogen) atoms. The molecular formula is C26H44O6. The summed E-state index contributed by atoms with van der Waals surface area (Å²) in [6.45, 7) is 26.0. The van der Waals surface area contributed by atoms with Crippen molar-refractivity contribution < 1.29 is 29.2 Å². The maximum atomic E-state index is 10.2. The highest BCUT2D eigenvalue weighted by Crippen LogP contribution is 2.33. The van der Waals surface area contributed by atoms with Crippen LogP contribution in [0.4, 0.5) is 0 Å². The van der Waals surface area contributed by atoms with Gasteiger partial charge in [0.2, 0.25) is 0 Å². The molecule has 2 fully saturated rings. The summed E-state index contributed by atoms with van der Waals surface area (Å²) in [7, 11) is 0. The Kier molecular flexibility index (Phi) is 20.1. The van der Waals surface area contributed by atoms with Crippen molar-refractivity contribution in [1.29, 1.82) is 0 Å². The Morgan fingerprint density at radius 1 is 0.938 bits per heavy atom. The van der Waals surface area contributed by atoms with Crippen molar-refractivity contribution in [2.24, 2.45) is 0 Å². The lowest BCUT2D eigenvalue weighted by atomic mass is 9.99. The van der Waals surface area contributed by atoms with E-state index in [0.29, 0.717) is 5.57 Å². The first-order chi connectivity index (χ1) is 15.5. The summed E-state index contributed by atoms with van der Waals surface area (Å²) in [4.78, 5) is 0. The third kappa shape index (κ3) is 9.77. The van der Waals surface area contributed by atoms with Crippen LogP contribution in [0.3, 0.4) is 0 Å². The maximum Gasteiger partial charge on any atom is 0.184 e. The minimum atomic E-state index is -1.11. The molecule has 6 atom stereocenters. The molecule has 2 saturated heterocycles. The maximum absolute atomic E-state index is 10.2. The number of ether oxygens (including phenoxy) is 4. The van der Waals surface area contributed by atoms with Gasteiger partial charge in [-0.05, 0) is 13.8 Å². The van der Waals surface area contributed by atoms with Crippen LogP contribution in [0.1, 0.15) is 41.5 Å².